The third kappa shape index (κ3) is 60.1. The molecule has 0 amide bonds. The van der Waals surface area contributed by atoms with Crippen LogP contribution in [0, 0.1) is 30.3 Å². The normalized spacial score (nSPS) is 12.2. The average Bonchev–Trinajstić information content (AvgIpc) is 3.35. The summed E-state index contributed by atoms with van der Waals surface area (Å²) in [6.07, 6.45) is 32.3. The van der Waals surface area contributed by atoms with E-state index in [0.29, 0.717) is 13.2 Å². The molecule has 0 saturated heterocycles. The van der Waals surface area contributed by atoms with Crippen molar-refractivity contribution in [1.29, 1.82) is 0 Å². The van der Waals surface area contributed by atoms with Crippen LogP contribution in [-0.4, -0.2) is 82.2 Å². The van der Waals surface area contributed by atoms with Gasteiger partial charge in [-0.1, -0.05) is 176 Å². The fourth-order valence-corrected chi connectivity index (χ4v) is 7.34. The second-order valence-electron chi connectivity index (χ2n) is 17.6. The molecule has 0 aliphatic heterocycles. The van der Waals surface area contributed by atoms with Gasteiger partial charge in [0.15, 0.2) is 0 Å². The minimum Gasteiger partial charge on any atom is -0.481 e. The zero-order chi connectivity index (χ0) is 54.7. The molecule has 4 unspecified atom stereocenters. The summed E-state index contributed by atoms with van der Waals surface area (Å²) < 4.78 is 0. The van der Waals surface area contributed by atoms with Gasteiger partial charge in [-0.25, -0.2) is 24.3 Å². The van der Waals surface area contributed by atoms with E-state index < -0.39 is 29.8 Å². The molecular formula is C54H99O18+. The number of carboxylic acids is 5. The lowest BCUT2D eigenvalue weighted by Crippen LogP contribution is -2.14. The van der Waals surface area contributed by atoms with Crippen molar-refractivity contribution in [2.24, 2.45) is 23.7 Å². The van der Waals surface area contributed by atoms with Gasteiger partial charge < -0.3 is 30.4 Å². The van der Waals surface area contributed by atoms with Gasteiger partial charge in [-0.3, -0.25) is 24.1 Å². The lowest BCUT2D eigenvalue weighted by Gasteiger charge is -2.13. The first-order valence-corrected chi connectivity index (χ1v) is 26.7. The Morgan fingerprint density at radius 1 is 0.389 bits per heavy atom. The maximum atomic E-state index is 11.5. The molecule has 0 spiro atoms. The summed E-state index contributed by atoms with van der Waals surface area (Å²) >= 11 is 0. The maximum Gasteiger partial charge on any atom is 0.358 e. The number of hydrogen-bond acceptors (Lipinski definition) is 13. The predicted octanol–water partition coefficient (Wildman–Crippen LogP) is 14.0. The van der Waals surface area contributed by atoms with Gasteiger partial charge in [0.2, 0.25) is 13.6 Å². The standard InChI is InChI=1S/C25H48O8.C21H40O4.C5H7O4.C3H4O2/c1-3-15-22(24(26)27)16-12-8-9-13-18-23(25(28)29)17-11-7-5-6-10-14-20-31-33-21-32-30-19-4-2;1-3-5-7-8-11-16-19(21(24)25)17-13-10-9-12-15-18(20(22)23)14-6-4-2;1-3-6-8-5-9-7-4-2;1-2-3(4)5/h22-23H,3-21H2,1-2H3,(H,26,27)(H,28,29);18-19H,3-17H2,1-2H3,(H,22,23)(H,24,25);1,3-4H,2,5H2;2H,1H2,(H,4,5)/q;;+1;. The van der Waals surface area contributed by atoms with Crippen LogP contribution in [-0.2, 0) is 63.1 Å². The van der Waals surface area contributed by atoms with Crippen molar-refractivity contribution in [2.45, 2.75) is 227 Å². The molecule has 0 aliphatic rings. The zero-order valence-electron chi connectivity index (χ0n) is 44.8. The summed E-state index contributed by atoms with van der Waals surface area (Å²) in [5.41, 5.74) is 0. The molecule has 0 aliphatic carbocycles. The van der Waals surface area contributed by atoms with Crippen molar-refractivity contribution >= 4 is 29.8 Å². The highest BCUT2D eigenvalue weighted by atomic mass is 17.3. The minimum atomic E-state index is -0.981. The van der Waals surface area contributed by atoms with Crippen molar-refractivity contribution in [1.82, 2.24) is 0 Å². The number of hydrogen-bond donors (Lipinski definition) is 5. The summed E-state index contributed by atoms with van der Waals surface area (Å²) in [5, 5.41) is 44.8. The molecule has 0 fully saturated rings. The Labute approximate surface area is 432 Å². The van der Waals surface area contributed by atoms with Crippen LogP contribution in [0.2, 0.25) is 0 Å². The van der Waals surface area contributed by atoms with E-state index in [9.17, 15) is 44.4 Å². The number of carboxylic acid groups (broad SMARTS) is 5. The Hall–Kier alpha value is -4.16. The third-order valence-electron chi connectivity index (χ3n) is 11.4. The van der Waals surface area contributed by atoms with Crippen LogP contribution in [0.3, 0.4) is 0 Å². The first kappa shape index (κ1) is 74.4. The summed E-state index contributed by atoms with van der Waals surface area (Å²) in [4.78, 5) is 90.6. The van der Waals surface area contributed by atoms with Crippen molar-refractivity contribution < 1.29 is 88.6 Å². The zero-order valence-corrected chi connectivity index (χ0v) is 44.8. The Balaban J connectivity index is -0.000000516. The van der Waals surface area contributed by atoms with Crippen LogP contribution in [0.15, 0.2) is 31.8 Å². The Morgan fingerprint density at radius 2 is 0.708 bits per heavy atom. The van der Waals surface area contributed by atoms with E-state index in [1.807, 2.05) is 13.8 Å². The topological polar surface area (TPSA) is 260 Å². The molecule has 0 radical (unpaired) electrons. The van der Waals surface area contributed by atoms with E-state index in [1.165, 1.54) is 19.3 Å². The van der Waals surface area contributed by atoms with Gasteiger partial charge in [0.1, 0.15) is 6.26 Å². The van der Waals surface area contributed by atoms with E-state index in [0.717, 1.165) is 198 Å². The summed E-state index contributed by atoms with van der Waals surface area (Å²) in [7, 11) is 0. The molecule has 0 aromatic heterocycles. The Morgan fingerprint density at radius 3 is 1.04 bits per heavy atom. The highest BCUT2D eigenvalue weighted by Crippen LogP contribution is 2.23. The summed E-state index contributed by atoms with van der Waals surface area (Å²) in [6, 6.07) is 0. The Bertz CT molecular complexity index is 1250. The highest BCUT2D eigenvalue weighted by molar-refractivity contribution is 5.78. The molecule has 0 rings (SSSR count). The quantitative estimate of drug-likeness (QED) is 0.00721. The van der Waals surface area contributed by atoms with Crippen LogP contribution < -0.4 is 0 Å². The molecule has 0 aromatic rings. The van der Waals surface area contributed by atoms with Crippen LogP contribution >= 0.6 is 0 Å². The molecule has 18 heteroatoms. The smallest absolute Gasteiger partial charge is 0.358 e. The molecule has 0 aromatic carbocycles. The fourth-order valence-electron chi connectivity index (χ4n) is 7.34. The highest BCUT2D eigenvalue weighted by Gasteiger charge is 2.19. The average molecular weight is 1040 g/mol. The van der Waals surface area contributed by atoms with Crippen LogP contribution in [0.4, 0.5) is 0 Å². The van der Waals surface area contributed by atoms with E-state index >= 15 is 0 Å². The molecule has 72 heavy (non-hydrogen) atoms. The molecular weight excluding hydrogens is 937 g/mol. The van der Waals surface area contributed by atoms with Gasteiger partial charge in [0, 0.05) is 6.08 Å². The van der Waals surface area contributed by atoms with Gasteiger partial charge in [-0.05, 0) is 64.2 Å². The largest absolute Gasteiger partial charge is 0.481 e. The third-order valence-corrected chi connectivity index (χ3v) is 11.4. The fraction of sp³-hybridized carbons (Fsp3) is 0.796. The lowest BCUT2D eigenvalue weighted by atomic mass is 9.93. The lowest BCUT2D eigenvalue weighted by molar-refractivity contribution is -0.418. The second-order valence-corrected chi connectivity index (χ2v) is 17.6. The molecule has 5 N–H and O–H groups in total. The van der Waals surface area contributed by atoms with Crippen molar-refractivity contribution in [3.05, 3.63) is 38.3 Å². The number of unbranched alkanes of at least 4 members (excludes halogenated alkanes) is 16. The van der Waals surface area contributed by atoms with Crippen LogP contribution in [0.25, 0.3) is 0 Å². The summed E-state index contributed by atoms with van der Waals surface area (Å²) in [6.45, 7) is 20.0. The van der Waals surface area contributed by atoms with Gasteiger partial charge >= 0.3 is 36.1 Å². The first-order valence-electron chi connectivity index (χ1n) is 26.7. The number of carbonyl (C=O) groups is 5. The van der Waals surface area contributed by atoms with E-state index in [1.54, 1.807) is 0 Å². The van der Waals surface area contributed by atoms with E-state index in [2.05, 4.69) is 46.6 Å². The van der Waals surface area contributed by atoms with E-state index in [4.69, 9.17) is 31.2 Å². The molecule has 0 bridgehead atoms. The SMILES string of the molecule is C=CC(=O)O.CCCCCCCC(CCCCCCC(CCCC)C(=O)O)C(=O)O.CCCOOCOOCCCCCCCCC(CCCCCCC(CCC)C(=O)O)C(=O)O.[CH+]=COOCOOC=C. The molecule has 0 heterocycles. The molecule has 422 valence electrons. The predicted molar refractivity (Wildman–Crippen MR) is 275 cm³/mol. The number of aliphatic carboxylic acids is 5. The van der Waals surface area contributed by atoms with Crippen LogP contribution in [0.5, 0.6) is 0 Å². The van der Waals surface area contributed by atoms with Gasteiger partial charge in [-0.15, -0.1) is 0 Å². The van der Waals surface area contributed by atoms with Gasteiger partial charge in [0.05, 0.1) is 36.9 Å². The Kier molecular flexibility index (Phi) is 63.2. The van der Waals surface area contributed by atoms with Crippen molar-refractivity contribution in [2.75, 3.05) is 26.8 Å². The second kappa shape index (κ2) is 61.1. The monoisotopic (exact) mass is 1040 g/mol. The maximum absolute atomic E-state index is 11.5. The number of rotatable bonds is 51. The summed E-state index contributed by atoms with van der Waals surface area (Å²) in [5.74, 6) is -4.56. The van der Waals surface area contributed by atoms with Gasteiger partial charge in [0.25, 0.3) is 6.58 Å². The first-order chi connectivity index (χ1) is 34.7. The van der Waals surface area contributed by atoms with Crippen molar-refractivity contribution in [3.63, 3.8) is 0 Å². The molecule has 0 saturated carbocycles. The molecule has 4 atom stereocenters. The van der Waals surface area contributed by atoms with Gasteiger partial charge in [-0.2, -0.15) is 9.78 Å². The van der Waals surface area contributed by atoms with Crippen LogP contribution in [0.1, 0.15) is 227 Å². The minimum absolute atomic E-state index is 0.0328. The molecule has 18 nitrogen and oxygen atoms in total. The van der Waals surface area contributed by atoms with E-state index in [-0.39, 0.29) is 37.3 Å². The van der Waals surface area contributed by atoms with Crippen molar-refractivity contribution in [3.8, 4) is 0 Å².